The lowest BCUT2D eigenvalue weighted by Crippen LogP contribution is -2.46. The van der Waals surface area contributed by atoms with Crippen molar-refractivity contribution in [2.24, 2.45) is 10.7 Å². The smallest absolute Gasteiger partial charge is 0.251 e. The minimum atomic E-state index is -0.755. The second kappa shape index (κ2) is 14.4. The van der Waals surface area contributed by atoms with Crippen molar-refractivity contribution in [3.8, 4) is 0 Å². The van der Waals surface area contributed by atoms with Crippen molar-refractivity contribution in [1.29, 1.82) is 0 Å². The molecule has 2 rings (SSSR count). The molecule has 0 saturated heterocycles. The van der Waals surface area contributed by atoms with E-state index in [0.717, 1.165) is 43.8 Å². The van der Waals surface area contributed by atoms with Crippen LogP contribution in [0.4, 0.5) is 0 Å². The highest BCUT2D eigenvalue weighted by molar-refractivity contribution is 14.0. The number of primary amides is 1. The summed E-state index contributed by atoms with van der Waals surface area (Å²) in [6.07, 6.45) is 4.06. The third-order valence-electron chi connectivity index (χ3n) is 5.03. The Kier molecular flexibility index (Phi) is 12.7. The number of nitrogens with two attached hydrogens (primary N) is 1. The fourth-order valence-corrected chi connectivity index (χ4v) is 4.81. The second-order valence-electron chi connectivity index (χ2n) is 7.34. The quantitative estimate of drug-likeness (QED) is 0.207. The lowest BCUT2D eigenvalue weighted by atomic mass is 9.95. The molecule has 2 amide bonds. The molecule has 5 N–H and O–H groups in total. The predicted octanol–water partition coefficient (Wildman–Crippen LogP) is 1.65. The van der Waals surface area contributed by atoms with E-state index in [-0.39, 0.29) is 47.7 Å². The van der Waals surface area contributed by atoms with Crippen LogP contribution in [0.3, 0.4) is 0 Å². The van der Waals surface area contributed by atoms with Crippen LogP contribution in [0.25, 0.3) is 0 Å². The molecule has 1 aliphatic carbocycles. The Labute approximate surface area is 204 Å². The van der Waals surface area contributed by atoms with Crippen LogP contribution in [0.5, 0.6) is 0 Å². The molecule has 0 radical (unpaired) electrons. The van der Waals surface area contributed by atoms with Gasteiger partial charge in [0.25, 0.3) is 5.91 Å². The first kappa shape index (κ1) is 27.3. The van der Waals surface area contributed by atoms with E-state index in [9.17, 15) is 13.8 Å². The number of nitrogens with one attached hydrogen (secondary N) is 3. The normalized spacial score (nSPS) is 19.6. The summed E-state index contributed by atoms with van der Waals surface area (Å²) in [6.45, 7) is 5.03. The zero-order valence-electron chi connectivity index (χ0n) is 18.2. The van der Waals surface area contributed by atoms with Gasteiger partial charge in [-0.25, -0.2) is 4.99 Å². The molecular weight excluding hydrogens is 529 g/mol. The minimum absolute atomic E-state index is 0. The number of benzene rings is 1. The van der Waals surface area contributed by atoms with E-state index in [1.165, 1.54) is 0 Å². The Morgan fingerprint density at radius 1 is 1.16 bits per heavy atom. The Hall–Kier alpha value is -1.69. The van der Waals surface area contributed by atoms with Gasteiger partial charge in [0.2, 0.25) is 5.91 Å². The standard InChI is InChI=1S/C21H33N5O3S.HI/c1-3-23-21(26-17-6-5-7-18(12-17)30(29)4-2)25-13-15-8-10-16(11-9-15)20(28)24-14-19(22)27;/h8-11,17-18H,3-7,12-14H2,1-2H3,(H2,22,27)(H,24,28)(H2,23,25,26);1H. The molecule has 0 spiro atoms. The fraction of sp³-hybridized carbons (Fsp3) is 0.571. The van der Waals surface area contributed by atoms with E-state index < -0.39 is 16.7 Å². The molecule has 3 unspecified atom stereocenters. The highest BCUT2D eigenvalue weighted by Gasteiger charge is 2.26. The first-order valence-electron chi connectivity index (χ1n) is 10.5. The maximum Gasteiger partial charge on any atom is 0.251 e. The molecule has 3 atom stereocenters. The van der Waals surface area contributed by atoms with E-state index >= 15 is 0 Å². The van der Waals surface area contributed by atoms with Crippen LogP contribution < -0.4 is 21.7 Å². The molecule has 0 aliphatic heterocycles. The Morgan fingerprint density at radius 3 is 2.48 bits per heavy atom. The minimum Gasteiger partial charge on any atom is -0.368 e. The number of carbonyl (C=O) groups excluding carboxylic acids is 2. The Balaban J connectivity index is 0.00000480. The van der Waals surface area contributed by atoms with Crippen LogP contribution in [0.2, 0.25) is 0 Å². The van der Waals surface area contributed by atoms with Crippen molar-refractivity contribution >= 4 is 52.6 Å². The number of amides is 2. The van der Waals surface area contributed by atoms with Gasteiger partial charge in [-0.3, -0.25) is 13.8 Å². The average molecular weight is 564 g/mol. The van der Waals surface area contributed by atoms with Crippen LogP contribution in [-0.4, -0.2) is 52.1 Å². The summed E-state index contributed by atoms with van der Waals surface area (Å²) in [6, 6.07) is 7.36. The molecule has 1 aromatic carbocycles. The molecule has 8 nitrogen and oxygen atoms in total. The zero-order valence-corrected chi connectivity index (χ0v) is 21.3. The number of nitrogens with zero attached hydrogens (tertiary/aromatic N) is 1. The first-order valence-corrected chi connectivity index (χ1v) is 11.9. The molecule has 10 heteroatoms. The van der Waals surface area contributed by atoms with Gasteiger partial charge < -0.3 is 21.7 Å². The van der Waals surface area contributed by atoms with Gasteiger partial charge in [-0.15, -0.1) is 24.0 Å². The number of hydrogen-bond acceptors (Lipinski definition) is 4. The molecular formula is C21H34IN5O3S. The molecule has 31 heavy (non-hydrogen) atoms. The molecule has 1 aromatic rings. The van der Waals surface area contributed by atoms with Crippen molar-refractivity contribution in [3.63, 3.8) is 0 Å². The van der Waals surface area contributed by atoms with Crippen LogP contribution in [0.1, 0.15) is 55.5 Å². The highest BCUT2D eigenvalue weighted by atomic mass is 127. The van der Waals surface area contributed by atoms with Crippen molar-refractivity contribution in [2.75, 3.05) is 18.8 Å². The number of carbonyl (C=O) groups is 2. The van der Waals surface area contributed by atoms with E-state index in [1.54, 1.807) is 12.1 Å². The van der Waals surface area contributed by atoms with Crippen LogP contribution in [0.15, 0.2) is 29.3 Å². The summed E-state index contributed by atoms with van der Waals surface area (Å²) in [4.78, 5) is 27.4. The first-order chi connectivity index (χ1) is 14.4. The molecule has 0 aromatic heterocycles. The van der Waals surface area contributed by atoms with Crippen LogP contribution in [0, 0.1) is 0 Å². The molecule has 1 aliphatic rings. The second-order valence-corrected chi connectivity index (χ2v) is 9.35. The molecule has 1 fully saturated rings. The third kappa shape index (κ3) is 9.55. The zero-order chi connectivity index (χ0) is 21.9. The van der Waals surface area contributed by atoms with Gasteiger partial charge in [0.1, 0.15) is 0 Å². The summed E-state index contributed by atoms with van der Waals surface area (Å²) >= 11 is 0. The molecule has 0 heterocycles. The monoisotopic (exact) mass is 563 g/mol. The Bertz CT molecular complexity index is 773. The van der Waals surface area contributed by atoms with E-state index in [2.05, 4.69) is 20.9 Å². The number of aliphatic imine (C=N–C) groups is 1. The van der Waals surface area contributed by atoms with Crippen molar-refractivity contribution in [1.82, 2.24) is 16.0 Å². The van der Waals surface area contributed by atoms with Crippen molar-refractivity contribution < 1.29 is 13.8 Å². The largest absolute Gasteiger partial charge is 0.368 e. The van der Waals surface area contributed by atoms with Gasteiger partial charge in [-0.2, -0.15) is 0 Å². The average Bonchev–Trinajstić information content (AvgIpc) is 2.76. The maximum absolute atomic E-state index is 12.2. The van der Waals surface area contributed by atoms with Gasteiger partial charge in [0.15, 0.2) is 5.96 Å². The molecule has 174 valence electrons. The van der Waals surface area contributed by atoms with Gasteiger partial charge in [0.05, 0.1) is 13.1 Å². The summed E-state index contributed by atoms with van der Waals surface area (Å²) in [5.74, 6) is 0.536. The van der Waals surface area contributed by atoms with E-state index in [1.807, 2.05) is 26.0 Å². The summed E-state index contributed by atoms with van der Waals surface area (Å²) in [5, 5.41) is 9.48. The maximum atomic E-state index is 12.2. The lowest BCUT2D eigenvalue weighted by Gasteiger charge is -2.30. The summed E-state index contributed by atoms with van der Waals surface area (Å²) < 4.78 is 12.2. The highest BCUT2D eigenvalue weighted by Crippen LogP contribution is 2.23. The van der Waals surface area contributed by atoms with Crippen LogP contribution in [-0.2, 0) is 22.1 Å². The molecule has 1 saturated carbocycles. The number of hydrogen-bond donors (Lipinski definition) is 4. The third-order valence-corrected chi connectivity index (χ3v) is 6.77. The van der Waals surface area contributed by atoms with Gasteiger partial charge >= 0.3 is 0 Å². The Morgan fingerprint density at radius 2 is 1.87 bits per heavy atom. The lowest BCUT2D eigenvalue weighted by molar-refractivity contribution is -0.117. The van der Waals surface area contributed by atoms with Gasteiger partial charge in [-0.05, 0) is 43.9 Å². The molecule has 0 bridgehead atoms. The fourth-order valence-electron chi connectivity index (χ4n) is 3.47. The number of rotatable bonds is 9. The predicted molar refractivity (Wildman–Crippen MR) is 136 cm³/mol. The van der Waals surface area contributed by atoms with Gasteiger partial charge in [-0.1, -0.05) is 25.5 Å². The number of halogens is 1. The number of guanidine groups is 1. The van der Waals surface area contributed by atoms with Gasteiger partial charge in [0, 0.05) is 40.0 Å². The van der Waals surface area contributed by atoms with E-state index in [4.69, 9.17) is 5.73 Å². The summed E-state index contributed by atoms with van der Waals surface area (Å²) in [5.41, 5.74) is 6.47. The topological polar surface area (TPSA) is 126 Å². The van der Waals surface area contributed by atoms with Crippen molar-refractivity contribution in [3.05, 3.63) is 35.4 Å². The summed E-state index contributed by atoms with van der Waals surface area (Å²) in [7, 11) is -0.755. The SMILES string of the molecule is CCNC(=NCc1ccc(C(=O)NCC(N)=O)cc1)NC1CCCC(S(=O)CC)C1.I. The van der Waals surface area contributed by atoms with Crippen molar-refractivity contribution in [2.45, 2.75) is 57.4 Å². The van der Waals surface area contributed by atoms with Crippen LogP contribution >= 0.6 is 24.0 Å². The van der Waals surface area contributed by atoms with E-state index in [0.29, 0.717) is 17.9 Å².